The highest BCUT2D eigenvalue weighted by molar-refractivity contribution is 6.33. The molecule has 0 aromatic heterocycles. The van der Waals surface area contributed by atoms with E-state index < -0.39 is 0 Å². The van der Waals surface area contributed by atoms with Crippen molar-refractivity contribution in [3.63, 3.8) is 0 Å². The SMILES string of the molecule is CC(C)C1CCCC(CO)(Nc2ccccc2Cl)CC1. The molecule has 0 aliphatic heterocycles. The summed E-state index contributed by atoms with van der Waals surface area (Å²) in [7, 11) is 0. The molecule has 0 saturated heterocycles. The zero-order valence-electron chi connectivity index (χ0n) is 12.5. The first kappa shape index (κ1) is 15.7. The number of hydrogen-bond acceptors (Lipinski definition) is 2. The molecule has 1 aromatic rings. The highest BCUT2D eigenvalue weighted by Crippen LogP contribution is 2.37. The predicted octanol–water partition coefficient (Wildman–Crippen LogP) is 4.72. The topological polar surface area (TPSA) is 32.3 Å². The monoisotopic (exact) mass is 295 g/mol. The Balaban J connectivity index is 2.12. The van der Waals surface area contributed by atoms with Crippen LogP contribution in [0, 0.1) is 11.8 Å². The molecule has 1 aliphatic carbocycles. The maximum Gasteiger partial charge on any atom is 0.0661 e. The van der Waals surface area contributed by atoms with Gasteiger partial charge in [0.1, 0.15) is 0 Å². The summed E-state index contributed by atoms with van der Waals surface area (Å²) in [4.78, 5) is 0. The maximum absolute atomic E-state index is 9.94. The van der Waals surface area contributed by atoms with Gasteiger partial charge in [-0.25, -0.2) is 0 Å². The van der Waals surface area contributed by atoms with Gasteiger partial charge in [-0.05, 0) is 43.2 Å². The predicted molar refractivity (Wildman–Crippen MR) is 86.3 cm³/mol. The summed E-state index contributed by atoms with van der Waals surface area (Å²) in [6.07, 6.45) is 5.63. The molecule has 2 N–H and O–H groups in total. The summed E-state index contributed by atoms with van der Waals surface area (Å²) in [5.74, 6) is 1.50. The number of aliphatic hydroxyl groups is 1. The van der Waals surface area contributed by atoms with Crippen molar-refractivity contribution in [2.45, 2.75) is 51.5 Å². The molecule has 0 amide bonds. The number of halogens is 1. The Morgan fingerprint density at radius 3 is 2.70 bits per heavy atom. The minimum atomic E-state index is -0.214. The van der Waals surface area contributed by atoms with Crippen molar-refractivity contribution in [2.75, 3.05) is 11.9 Å². The molecule has 1 aliphatic rings. The second-order valence-electron chi connectivity index (χ2n) is 6.48. The van der Waals surface area contributed by atoms with E-state index in [2.05, 4.69) is 19.2 Å². The largest absolute Gasteiger partial charge is 0.394 e. The van der Waals surface area contributed by atoms with Gasteiger partial charge in [-0.3, -0.25) is 0 Å². The van der Waals surface area contributed by atoms with Crippen LogP contribution < -0.4 is 5.32 Å². The Hall–Kier alpha value is -0.730. The molecule has 3 heteroatoms. The molecule has 1 aromatic carbocycles. The van der Waals surface area contributed by atoms with Crippen molar-refractivity contribution in [1.82, 2.24) is 0 Å². The number of nitrogens with one attached hydrogen (secondary N) is 1. The molecule has 0 spiro atoms. The fourth-order valence-corrected chi connectivity index (χ4v) is 3.45. The molecular weight excluding hydrogens is 270 g/mol. The molecule has 2 unspecified atom stereocenters. The van der Waals surface area contributed by atoms with Crippen molar-refractivity contribution in [1.29, 1.82) is 0 Å². The van der Waals surface area contributed by atoms with Crippen LogP contribution in [0.1, 0.15) is 46.0 Å². The fourth-order valence-electron chi connectivity index (χ4n) is 3.27. The summed E-state index contributed by atoms with van der Waals surface area (Å²) >= 11 is 6.24. The summed E-state index contributed by atoms with van der Waals surface area (Å²) in [6, 6.07) is 7.79. The van der Waals surface area contributed by atoms with E-state index in [1.165, 1.54) is 19.3 Å². The van der Waals surface area contributed by atoms with Crippen LogP contribution in [-0.4, -0.2) is 17.3 Å². The smallest absolute Gasteiger partial charge is 0.0661 e. The van der Waals surface area contributed by atoms with Crippen molar-refractivity contribution < 1.29 is 5.11 Å². The Morgan fingerprint density at radius 2 is 2.05 bits per heavy atom. The summed E-state index contributed by atoms with van der Waals surface area (Å²) in [5.41, 5.74) is 0.723. The molecule has 2 nitrogen and oxygen atoms in total. The maximum atomic E-state index is 9.94. The van der Waals surface area contributed by atoms with Crippen LogP contribution in [-0.2, 0) is 0 Å². The third kappa shape index (κ3) is 3.67. The lowest BCUT2D eigenvalue weighted by Gasteiger charge is -2.33. The normalized spacial score (nSPS) is 27.4. The molecule has 1 fully saturated rings. The molecule has 1 saturated carbocycles. The van der Waals surface area contributed by atoms with Gasteiger partial charge in [0, 0.05) is 0 Å². The molecule has 0 heterocycles. The number of aliphatic hydroxyl groups excluding tert-OH is 1. The zero-order valence-corrected chi connectivity index (χ0v) is 13.3. The lowest BCUT2D eigenvalue weighted by molar-refractivity contribution is 0.193. The van der Waals surface area contributed by atoms with Gasteiger partial charge in [0.15, 0.2) is 0 Å². The van der Waals surface area contributed by atoms with Crippen LogP contribution in [0.25, 0.3) is 0 Å². The summed E-state index contributed by atoms with van der Waals surface area (Å²) in [5, 5.41) is 14.2. The molecular formula is C17H26ClNO. The second-order valence-corrected chi connectivity index (χ2v) is 6.89. The Morgan fingerprint density at radius 1 is 1.30 bits per heavy atom. The lowest BCUT2D eigenvalue weighted by atomic mass is 9.86. The van der Waals surface area contributed by atoms with Gasteiger partial charge in [-0.2, -0.15) is 0 Å². The van der Waals surface area contributed by atoms with Crippen molar-refractivity contribution in [3.05, 3.63) is 29.3 Å². The highest BCUT2D eigenvalue weighted by Gasteiger charge is 2.33. The first-order valence-corrected chi connectivity index (χ1v) is 8.08. The van der Waals surface area contributed by atoms with Gasteiger partial charge in [-0.15, -0.1) is 0 Å². The molecule has 112 valence electrons. The van der Waals surface area contributed by atoms with Crippen LogP contribution in [0.5, 0.6) is 0 Å². The van der Waals surface area contributed by atoms with E-state index in [4.69, 9.17) is 11.6 Å². The van der Waals surface area contributed by atoms with Gasteiger partial charge < -0.3 is 10.4 Å². The molecule has 0 bridgehead atoms. The average Bonchev–Trinajstić information content (AvgIpc) is 2.65. The number of para-hydroxylation sites is 1. The zero-order chi connectivity index (χ0) is 14.6. The first-order chi connectivity index (χ1) is 9.56. The molecule has 2 atom stereocenters. The van der Waals surface area contributed by atoms with Gasteiger partial charge in [0.05, 0.1) is 22.9 Å². The van der Waals surface area contributed by atoms with Crippen LogP contribution in [0.4, 0.5) is 5.69 Å². The minimum absolute atomic E-state index is 0.170. The highest BCUT2D eigenvalue weighted by atomic mass is 35.5. The molecule has 0 radical (unpaired) electrons. The van der Waals surface area contributed by atoms with Gasteiger partial charge >= 0.3 is 0 Å². The van der Waals surface area contributed by atoms with E-state index in [0.29, 0.717) is 0 Å². The van der Waals surface area contributed by atoms with E-state index >= 15 is 0 Å². The Kier molecular flexibility index (Phi) is 5.34. The van der Waals surface area contributed by atoms with Crippen LogP contribution in [0.3, 0.4) is 0 Å². The average molecular weight is 296 g/mol. The van der Waals surface area contributed by atoms with Crippen molar-refractivity contribution in [2.24, 2.45) is 11.8 Å². The summed E-state index contributed by atoms with van der Waals surface area (Å²) in [6.45, 7) is 4.78. The van der Waals surface area contributed by atoms with E-state index in [9.17, 15) is 5.11 Å². The van der Waals surface area contributed by atoms with Gasteiger partial charge in [-0.1, -0.05) is 50.4 Å². The standard InChI is InChI=1S/C17H26ClNO/c1-13(2)14-6-5-10-17(12-20,11-9-14)19-16-8-4-3-7-15(16)18/h3-4,7-8,13-14,19-20H,5-6,9-12H2,1-2H3. The molecule has 20 heavy (non-hydrogen) atoms. The van der Waals surface area contributed by atoms with Crippen molar-refractivity contribution >= 4 is 17.3 Å². The number of rotatable bonds is 4. The number of hydrogen-bond donors (Lipinski definition) is 2. The lowest BCUT2D eigenvalue weighted by Crippen LogP contribution is -2.41. The first-order valence-electron chi connectivity index (χ1n) is 7.70. The van der Waals surface area contributed by atoms with Crippen LogP contribution >= 0.6 is 11.6 Å². The van der Waals surface area contributed by atoms with E-state index in [1.54, 1.807) is 0 Å². The Bertz CT molecular complexity index is 435. The van der Waals surface area contributed by atoms with Gasteiger partial charge in [0.2, 0.25) is 0 Å². The van der Waals surface area contributed by atoms with E-state index in [0.717, 1.165) is 35.4 Å². The van der Waals surface area contributed by atoms with E-state index in [-0.39, 0.29) is 12.1 Å². The molecule has 2 rings (SSSR count). The summed E-state index contributed by atoms with van der Waals surface area (Å²) < 4.78 is 0. The fraction of sp³-hybridized carbons (Fsp3) is 0.647. The number of benzene rings is 1. The Labute approximate surface area is 127 Å². The second kappa shape index (κ2) is 6.82. The van der Waals surface area contributed by atoms with E-state index in [1.807, 2.05) is 24.3 Å². The van der Waals surface area contributed by atoms with Crippen LogP contribution in [0.2, 0.25) is 5.02 Å². The minimum Gasteiger partial charge on any atom is -0.394 e. The quantitative estimate of drug-likeness (QED) is 0.788. The van der Waals surface area contributed by atoms with Gasteiger partial charge in [0.25, 0.3) is 0 Å². The van der Waals surface area contributed by atoms with Crippen molar-refractivity contribution in [3.8, 4) is 0 Å². The number of anilines is 1. The third-order valence-corrected chi connectivity index (χ3v) is 5.07. The third-order valence-electron chi connectivity index (χ3n) is 4.74. The van der Waals surface area contributed by atoms with Crippen LogP contribution in [0.15, 0.2) is 24.3 Å².